The van der Waals surface area contributed by atoms with E-state index >= 15 is 0 Å². The highest BCUT2D eigenvalue weighted by Crippen LogP contribution is 2.23. The third-order valence-corrected chi connectivity index (χ3v) is 5.49. The van der Waals surface area contributed by atoms with E-state index in [0.29, 0.717) is 0 Å². The van der Waals surface area contributed by atoms with Crippen molar-refractivity contribution in [2.24, 2.45) is 0 Å². The highest BCUT2D eigenvalue weighted by molar-refractivity contribution is 7.19. The number of allylic oxidation sites excluding steroid dienone is 3. The Bertz CT molecular complexity index is 942. The van der Waals surface area contributed by atoms with Gasteiger partial charge in [0, 0.05) is 6.42 Å². The van der Waals surface area contributed by atoms with Crippen LogP contribution < -0.4 is 0 Å². The number of thiazole rings is 2. The second-order valence-electron chi connectivity index (χ2n) is 5.09. The molecule has 0 saturated heterocycles. The Kier molecular flexibility index (Phi) is 4.01. The lowest BCUT2D eigenvalue weighted by Gasteiger charge is -1.84. The van der Waals surface area contributed by atoms with Gasteiger partial charge in [-0.25, -0.2) is 9.97 Å². The van der Waals surface area contributed by atoms with Gasteiger partial charge >= 0.3 is 0 Å². The molecule has 0 radical (unpaired) electrons. The normalized spacial score (nSPS) is 12.2. The molecule has 0 amide bonds. The van der Waals surface area contributed by atoms with Gasteiger partial charge in [0.05, 0.1) is 25.4 Å². The van der Waals surface area contributed by atoms with Crippen LogP contribution in [0.3, 0.4) is 0 Å². The van der Waals surface area contributed by atoms with Crippen LogP contribution in [0.5, 0.6) is 0 Å². The van der Waals surface area contributed by atoms with E-state index in [9.17, 15) is 0 Å². The van der Waals surface area contributed by atoms with E-state index < -0.39 is 0 Å². The molecule has 23 heavy (non-hydrogen) atoms. The van der Waals surface area contributed by atoms with Gasteiger partial charge in [0.25, 0.3) is 0 Å². The molecule has 0 unspecified atom stereocenters. The van der Waals surface area contributed by atoms with Crippen LogP contribution >= 0.6 is 22.7 Å². The van der Waals surface area contributed by atoms with Gasteiger partial charge in [0.1, 0.15) is 5.01 Å². The number of aromatic nitrogens is 2. The fourth-order valence-electron chi connectivity index (χ4n) is 2.35. The van der Waals surface area contributed by atoms with Gasteiger partial charge in [-0.15, -0.1) is 22.7 Å². The summed E-state index contributed by atoms with van der Waals surface area (Å²) >= 11 is 3.47. The molecule has 0 atom stereocenters. The fraction of sp³-hybridized carbons (Fsp3) is 0.0526. The van der Waals surface area contributed by atoms with Gasteiger partial charge in [-0.3, -0.25) is 0 Å². The number of hydrogen-bond acceptors (Lipinski definition) is 4. The van der Waals surface area contributed by atoms with E-state index in [1.807, 2.05) is 30.3 Å². The summed E-state index contributed by atoms with van der Waals surface area (Å²) in [4.78, 5) is 9.22. The lowest BCUT2D eigenvalue weighted by molar-refractivity contribution is 1.21. The molecule has 0 N–H and O–H groups in total. The molecule has 2 nitrogen and oxygen atoms in total. The minimum atomic E-state index is 0.865. The molecule has 0 spiro atoms. The van der Waals surface area contributed by atoms with E-state index in [1.54, 1.807) is 22.7 Å². The molecule has 0 aliphatic heterocycles. The van der Waals surface area contributed by atoms with Crippen molar-refractivity contribution in [3.05, 3.63) is 76.8 Å². The number of hydrogen-bond donors (Lipinski definition) is 0. The summed E-state index contributed by atoms with van der Waals surface area (Å²) in [6.07, 6.45) is 9.17. The molecule has 2 heterocycles. The van der Waals surface area contributed by atoms with Gasteiger partial charge in [-0.1, -0.05) is 42.5 Å². The van der Waals surface area contributed by atoms with E-state index in [4.69, 9.17) is 0 Å². The Morgan fingerprint density at radius 2 is 1.48 bits per heavy atom. The molecule has 4 aromatic rings. The third kappa shape index (κ3) is 3.23. The lowest BCUT2D eigenvalue weighted by Crippen LogP contribution is -1.76. The summed E-state index contributed by atoms with van der Waals surface area (Å²) in [5.74, 6) is 0. The third-order valence-electron chi connectivity index (χ3n) is 3.43. The maximum atomic E-state index is 4.63. The van der Waals surface area contributed by atoms with Crippen LogP contribution in [0.1, 0.15) is 10.0 Å². The second-order valence-corrected chi connectivity index (χ2v) is 7.26. The van der Waals surface area contributed by atoms with E-state index in [0.717, 1.165) is 27.5 Å². The molecule has 0 aliphatic carbocycles. The van der Waals surface area contributed by atoms with Crippen molar-refractivity contribution in [2.75, 3.05) is 0 Å². The van der Waals surface area contributed by atoms with E-state index in [2.05, 4.69) is 52.5 Å². The van der Waals surface area contributed by atoms with Crippen molar-refractivity contribution in [1.82, 2.24) is 9.97 Å². The van der Waals surface area contributed by atoms with Crippen molar-refractivity contribution >= 4 is 49.2 Å². The Morgan fingerprint density at radius 3 is 2.22 bits per heavy atom. The van der Waals surface area contributed by atoms with Gasteiger partial charge in [-0.2, -0.15) is 0 Å². The zero-order chi connectivity index (χ0) is 15.5. The smallest absolute Gasteiger partial charge is 0.117 e. The first kappa shape index (κ1) is 14.3. The summed E-state index contributed by atoms with van der Waals surface area (Å²) < 4.78 is 2.48. The average Bonchev–Trinajstić information content (AvgIpc) is 3.17. The topological polar surface area (TPSA) is 25.8 Å². The highest BCUT2D eigenvalue weighted by Gasteiger charge is 2.00. The molecule has 0 fully saturated rings. The Morgan fingerprint density at radius 1 is 0.783 bits per heavy atom. The van der Waals surface area contributed by atoms with E-state index in [-0.39, 0.29) is 0 Å². The zero-order valence-electron chi connectivity index (χ0n) is 12.3. The maximum absolute atomic E-state index is 4.63. The van der Waals surface area contributed by atoms with Crippen molar-refractivity contribution in [3.8, 4) is 0 Å². The number of benzene rings is 2. The highest BCUT2D eigenvalue weighted by atomic mass is 32.1. The minimum Gasteiger partial charge on any atom is -0.241 e. The van der Waals surface area contributed by atoms with Crippen LogP contribution in [0.2, 0.25) is 0 Å². The van der Waals surface area contributed by atoms with Crippen LogP contribution in [0, 0.1) is 0 Å². The van der Waals surface area contributed by atoms with Gasteiger partial charge in [0.2, 0.25) is 0 Å². The first-order valence-corrected chi connectivity index (χ1v) is 9.05. The average molecular weight is 334 g/mol. The Labute approximate surface area is 142 Å². The summed E-state index contributed by atoms with van der Waals surface area (Å²) in [6.45, 7) is 0. The molecule has 2 aromatic carbocycles. The van der Waals surface area contributed by atoms with Crippen LogP contribution in [0.15, 0.2) is 66.8 Å². The number of rotatable bonds is 4. The molecule has 0 bridgehead atoms. The molecule has 0 aliphatic rings. The number of para-hydroxylation sites is 2. The Hall–Kier alpha value is -2.30. The quantitative estimate of drug-likeness (QED) is 0.446. The minimum absolute atomic E-state index is 0.865. The molecule has 112 valence electrons. The monoisotopic (exact) mass is 334 g/mol. The van der Waals surface area contributed by atoms with E-state index in [1.165, 1.54) is 9.40 Å². The van der Waals surface area contributed by atoms with Crippen molar-refractivity contribution < 1.29 is 0 Å². The fourth-order valence-corrected chi connectivity index (χ4v) is 4.18. The van der Waals surface area contributed by atoms with Gasteiger partial charge in [-0.05, 0) is 30.3 Å². The summed E-state index contributed by atoms with van der Waals surface area (Å²) in [7, 11) is 0. The molecular weight excluding hydrogens is 320 g/mol. The molecular formula is C19H14N2S2. The number of nitrogens with zero attached hydrogens (tertiary/aromatic N) is 2. The van der Waals surface area contributed by atoms with Crippen LogP contribution in [0.25, 0.3) is 26.5 Å². The SMILES string of the molecule is C(C=Cc1nc2ccccc2s1)=CCc1nc2ccccc2s1. The Balaban J connectivity index is 1.42. The zero-order valence-corrected chi connectivity index (χ0v) is 14.0. The molecule has 2 aromatic heterocycles. The maximum Gasteiger partial charge on any atom is 0.117 e. The van der Waals surface area contributed by atoms with Gasteiger partial charge in [0.15, 0.2) is 0 Å². The summed E-state index contributed by atoms with van der Waals surface area (Å²) in [6, 6.07) is 16.5. The predicted molar refractivity (Wildman–Crippen MR) is 101 cm³/mol. The van der Waals surface area contributed by atoms with Crippen LogP contribution in [-0.4, -0.2) is 9.97 Å². The first-order valence-electron chi connectivity index (χ1n) is 7.42. The predicted octanol–water partition coefficient (Wildman–Crippen LogP) is 5.72. The van der Waals surface area contributed by atoms with Crippen LogP contribution in [0.4, 0.5) is 0 Å². The van der Waals surface area contributed by atoms with Crippen molar-refractivity contribution in [1.29, 1.82) is 0 Å². The van der Waals surface area contributed by atoms with Crippen molar-refractivity contribution in [2.45, 2.75) is 6.42 Å². The molecule has 4 rings (SSSR count). The largest absolute Gasteiger partial charge is 0.241 e. The summed E-state index contributed by atoms with van der Waals surface area (Å²) in [5.41, 5.74) is 2.15. The second kappa shape index (κ2) is 6.44. The summed E-state index contributed by atoms with van der Waals surface area (Å²) in [5, 5.41) is 2.19. The lowest BCUT2D eigenvalue weighted by atomic mass is 10.3. The van der Waals surface area contributed by atoms with Crippen molar-refractivity contribution in [3.63, 3.8) is 0 Å². The molecule has 0 saturated carbocycles. The molecule has 4 heteroatoms. The van der Waals surface area contributed by atoms with Crippen LogP contribution in [-0.2, 0) is 6.42 Å². The first-order chi connectivity index (χ1) is 11.4. The van der Waals surface area contributed by atoms with Gasteiger partial charge < -0.3 is 0 Å². The number of fused-ring (bicyclic) bond motifs is 2. The standard InChI is InChI=1S/C19H14N2S2/c1(2-12-18-20-14-8-4-6-10-16(14)22-18)3-13-19-21-15-9-5-7-11-17(15)23-19/h1-12H,13H2.